The van der Waals surface area contributed by atoms with Gasteiger partial charge in [0.1, 0.15) is 11.9 Å². The van der Waals surface area contributed by atoms with E-state index < -0.39 is 0 Å². The van der Waals surface area contributed by atoms with Crippen LogP contribution in [0.2, 0.25) is 0 Å². The van der Waals surface area contributed by atoms with E-state index in [-0.39, 0.29) is 12.1 Å². The molecule has 2 aromatic carbocycles. The minimum Gasteiger partial charge on any atom is -0.486 e. The Labute approximate surface area is 173 Å². The third kappa shape index (κ3) is 4.64. The normalized spacial score (nSPS) is 16.5. The fourth-order valence-electron chi connectivity index (χ4n) is 4.27. The molecule has 1 fully saturated rings. The highest BCUT2D eigenvalue weighted by molar-refractivity contribution is 5.50. The molecular weight excluding hydrogens is 358 g/mol. The van der Waals surface area contributed by atoms with E-state index in [1.807, 2.05) is 29.9 Å². The minimum atomic E-state index is 0.0296. The second-order valence-electron chi connectivity index (χ2n) is 8.19. The van der Waals surface area contributed by atoms with E-state index in [1.54, 1.807) is 0 Å². The van der Waals surface area contributed by atoms with Crippen molar-refractivity contribution in [3.05, 3.63) is 77.6 Å². The summed E-state index contributed by atoms with van der Waals surface area (Å²) in [5.41, 5.74) is 4.83. The minimum absolute atomic E-state index is 0.0296. The number of aromatic nitrogens is 2. The lowest BCUT2D eigenvalue weighted by molar-refractivity contribution is 0.227. The van der Waals surface area contributed by atoms with Crippen LogP contribution in [0.3, 0.4) is 0 Å². The van der Waals surface area contributed by atoms with E-state index in [1.165, 1.54) is 48.2 Å². The second-order valence-corrected chi connectivity index (χ2v) is 8.19. The maximum absolute atomic E-state index is 6.11. The number of nitrogens with one attached hydrogen (secondary N) is 1. The van der Waals surface area contributed by atoms with Crippen molar-refractivity contribution < 1.29 is 4.74 Å². The topological polar surface area (TPSA) is 39.1 Å². The lowest BCUT2D eigenvalue weighted by Gasteiger charge is -2.19. The van der Waals surface area contributed by atoms with Gasteiger partial charge in [-0.15, -0.1) is 0 Å². The third-order valence-electron chi connectivity index (χ3n) is 5.93. The van der Waals surface area contributed by atoms with E-state index in [0.717, 1.165) is 5.75 Å². The van der Waals surface area contributed by atoms with E-state index in [9.17, 15) is 0 Å². The molecule has 152 valence electrons. The van der Waals surface area contributed by atoms with Crippen molar-refractivity contribution in [3.8, 4) is 5.75 Å². The van der Waals surface area contributed by atoms with Crippen LogP contribution in [0.25, 0.3) is 0 Å². The Morgan fingerprint density at radius 1 is 0.966 bits per heavy atom. The van der Waals surface area contributed by atoms with E-state index in [2.05, 4.69) is 61.8 Å². The summed E-state index contributed by atoms with van der Waals surface area (Å²) in [4.78, 5) is 0. The number of anilines is 1. The largest absolute Gasteiger partial charge is 0.486 e. The van der Waals surface area contributed by atoms with Gasteiger partial charge in [-0.3, -0.25) is 4.68 Å². The maximum atomic E-state index is 6.11. The van der Waals surface area contributed by atoms with Crippen LogP contribution in [-0.4, -0.2) is 9.78 Å². The number of rotatable bonds is 7. The van der Waals surface area contributed by atoms with Crippen LogP contribution in [0.1, 0.15) is 74.4 Å². The summed E-state index contributed by atoms with van der Waals surface area (Å²) in [5.74, 6) is 1.49. The highest BCUT2D eigenvalue weighted by atomic mass is 16.5. The first-order valence-electron chi connectivity index (χ1n) is 10.7. The van der Waals surface area contributed by atoms with Crippen molar-refractivity contribution in [2.75, 3.05) is 5.32 Å². The molecule has 1 heterocycles. The molecule has 4 nitrogen and oxygen atoms in total. The molecule has 4 heteroatoms. The van der Waals surface area contributed by atoms with Crippen molar-refractivity contribution in [2.24, 2.45) is 7.05 Å². The van der Waals surface area contributed by atoms with Gasteiger partial charge < -0.3 is 10.1 Å². The maximum Gasteiger partial charge on any atom is 0.121 e. The number of ether oxygens (including phenoxy) is 1. The molecule has 2 unspecified atom stereocenters. The highest BCUT2D eigenvalue weighted by Gasteiger charge is 2.23. The molecule has 29 heavy (non-hydrogen) atoms. The highest BCUT2D eigenvalue weighted by Crippen LogP contribution is 2.37. The van der Waals surface area contributed by atoms with Crippen LogP contribution in [0.15, 0.2) is 60.8 Å². The molecule has 1 aromatic heterocycles. The average Bonchev–Trinajstić information content (AvgIpc) is 3.38. The fourth-order valence-corrected chi connectivity index (χ4v) is 4.27. The van der Waals surface area contributed by atoms with Crippen LogP contribution in [0.5, 0.6) is 5.75 Å². The number of benzene rings is 2. The zero-order chi connectivity index (χ0) is 20.2. The summed E-state index contributed by atoms with van der Waals surface area (Å²) in [6.45, 7) is 4.29. The van der Waals surface area contributed by atoms with Gasteiger partial charge in [-0.25, -0.2) is 0 Å². The van der Waals surface area contributed by atoms with Crippen LogP contribution in [-0.2, 0) is 7.05 Å². The monoisotopic (exact) mass is 389 g/mol. The molecule has 0 radical (unpaired) electrons. The third-order valence-corrected chi connectivity index (χ3v) is 5.93. The molecule has 0 bridgehead atoms. The van der Waals surface area contributed by atoms with Gasteiger partial charge in [0.25, 0.3) is 0 Å². The van der Waals surface area contributed by atoms with Gasteiger partial charge in [0.05, 0.1) is 11.4 Å². The second kappa shape index (κ2) is 8.73. The Balaban J connectivity index is 1.41. The van der Waals surface area contributed by atoms with E-state index >= 15 is 0 Å². The van der Waals surface area contributed by atoms with Crippen molar-refractivity contribution in [3.63, 3.8) is 0 Å². The van der Waals surface area contributed by atoms with Gasteiger partial charge >= 0.3 is 0 Å². The quantitative estimate of drug-likeness (QED) is 0.509. The first-order valence-corrected chi connectivity index (χ1v) is 10.7. The lowest BCUT2D eigenvalue weighted by atomic mass is 10.0. The molecule has 0 amide bonds. The molecule has 1 aliphatic carbocycles. The molecule has 2 atom stereocenters. The summed E-state index contributed by atoms with van der Waals surface area (Å²) in [7, 11) is 2.01. The molecule has 0 aliphatic heterocycles. The molecule has 3 aromatic rings. The Kier molecular flexibility index (Phi) is 5.89. The summed E-state index contributed by atoms with van der Waals surface area (Å²) < 4.78 is 8.04. The van der Waals surface area contributed by atoms with Crippen molar-refractivity contribution in [2.45, 2.75) is 57.6 Å². The standard InChI is InChI=1S/C25H31N3O/c1-18(26-24-17-28(3)27-25(24)22-11-7-8-12-22)20-13-15-23(16-14-20)29-19(2)21-9-5-4-6-10-21/h4-6,9-10,13-19,22,26H,7-8,11-12H2,1-3H3. The predicted octanol–water partition coefficient (Wildman–Crippen LogP) is 6.39. The van der Waals surface area contributed by atoms with Crippen LogP contribution in [0, 0.1) is 0 Å². The van der Waals surface area contributed by atoms with Gasteiger partial charge in [-0.05, 0) is 49.9 Å². The fraction of sp³-hybridized carbons (Fsp3) is 0.400. The molecule has 0 spiro atoms. The first-order chi connectivity index (χ1) is 14.1. The molecule has 0 saturated heterocycles. The van der Waals surface area contributed by atoms with Gasteiger partial charge in [0, 0.05) is 25.2 Å². The molecule has 4 rings (SSSR count). The number of hydrogen-bond acceptors (Lipinski definition) is 3. The Morgan fingerprint density at radius 2 is 1.66 bits per heavy atom. The van der Waals surface area contributed by atoms with Gasteiger partial charge in [-0.1, -0.05) is 55.3 Å². The molecule has 1 N–H and O–H groups in total. The van der Waals surface area contributed by atoms with E-state index in [0.29, 0.717) is 5.92 Å². The zero-order valence-corrected chi connectivity index (χ0v) is 17.6. The smallest absolute Gasteiger partial charge is 0.121 e. The van der Waals surface area contributed by atoms with Crippen molar-refractivity contribution >= 4 is 5.69 Å². The lowest BCUT2D eigenvalue weighted by Crippen LogP contribution is -2.09. The van der Waals surface area contributed by atoms with Gasteiger partial charge in [0.15, 0.2) is 0 Å². The van der Waals surface area contributed by atoms with Crippen molar-refractivity contribution in [1.29, 1.82) is 0 Å². The average molecular weight is 390 g/mol. The van der Waals surface area contributed by atoms with Gasteiger partial charge in [0.2, 0.25) is 0 Å². The summed E-state index contributed by atoms with van der Waals surface area (Å²) in [5, 5.41) is 8.44. The van der Waals surface area contributed by atoms with E-state index in [4.69, 9.17) is 9.84 Å². The predicted molar refractivity (Wildman–Crippen MR) is 118 cm³/mol. The first kappa shape index (κ1) is 19.6. The summed E-state index contributed by atoms with van der Waals surface area (Å²) in [6.07, 6.45) is 7.29. The Bertz CT molecular complexity index is 911. The summed E-state index contributed by atoms with van der Waals surface area (Å²) >= 11 is 0. The van der Waals surface area contributed by atoms with Crippen LogP contribution < -0.4 is 10.1 Å². The number of nitrogens with zero attached hydrogens (tertiary/aromatic N) is 2. The molecular formula is C25H31N3O. The molecule has 1 saturated carbocycles. The number of hydrogen-bond donors (Lipinski definition) is 1. The molecule has 1 aliphatic rings. The Hall–Kier alpha value is -2.75. The van der Waals surface area contributed by atoms with Gasteiger partial charge in [-0.2, -0.15) is 5.10 Å². The Morgan fingerprint density at radius 3 is 2.34 bits per heavy atom. The van der Waals surface area contributed by atoms with Crippen molar-refractivity contribution in [1.82, 2.24) is 9.78 Å². The van der Waals surface area contributed by atoms with Crippen LogP contribution in [0.4, 0.5) is 5.69 Å². The SMILES string of the molecule is CC(Nc1cn(C)nc1C1CCCC1)c1ccc(OC(C)c2ccccc2)cc1. The zero-order valence-electron chi connectivity index (χ0n) is 17.6. The van der Waals surface area contributed by atoms with Crippen LogP contribution >= 0.6 is 0 Å². The summed E-state index contributed by atoms with van der Waals surface area (Å²) in [6, 6.07) is 18.9. The number of aryl methyl sites for hydroxylation is 1.